The van der Waals surface area contributed by atoms with Gasteiger partial charge in [0.1, 0.15) is 0 Å². The van der Waals surface area contributed by atoms with Crippen molar-refractivity contribution >= 4 is 23.4 Å². The van der Waals surface area contributed by atoms with Crippen molar-refractivity contribution in [1.29, 1.82) is 0 Å². The Morgan fingerprint density at radius 2 is 1.46 bits per heavy atom. The topological polar surface area (TPSA) is 57.7 Å². The lowest BCUT2D eigenvalue weighted by Gasteiger charge is -2.14. The first-order valence-corrected chi connectivity index (χ1v) is 7.76. The van der Waals surface area contributed by atoms with Gasteiger partial charge in [-0.05, 0) is 36.2 Å². The summed E-state index contributed by atoms with van der Waals surface area (Å²) < 4.78 is 0. The molecule has 122 valence electrons. The van der Waals surface area contributed by atoms with Crippen LogP contribution in [0.2, 0.25) is 0 Å². The average Bonchev–Trinajstić information content (AvgIpc) is 2.85. The maximum absolute atomic E-state index is 12.4. The minimum absolute atomic E-state index is 0.0689. The number of carbonyl (C=O) groups excluding carboxylic acids is 3. The molecule has 0 saturated carbocycles. The highest BCUT2D eigenvalue weighted by Gasteiger charge is 2.36. The van der Waals surface area contributed by atoms with Crippen molar-refractivity contribution in [3.05, 3.63) is 65.2 Å². The van der Waals surface area contributed by atoms with E-state index in [4.69, 9.17) is 0 Å². The summed E-state index contributed by atoms with van der Waals surface area (Å²) >= 11 is 0. The number of aryl methyl sites for hydroxylation is 1. The summed E-state index contributed by atoms with van der Waals surface area (Å²) in [5.74, 6) is -0.531. The lowest BCUT2D eigenvalue weighted by Crippen LogP contribution is -2.29. The maximum atomic E-state index is 12.4. The number of rotatable bonds is 4. The molecular formula is C19H18N2O3. The smallest absolute Gasteiger partial charge is 0.266 e. The van der Waals surface area contributed by atoms with Gasteiger partial charge < -0.3 is 4.90 Å². The number of amides is 3. The Balaban J connectivity index is 1.76. The Hall–Kier alpha value is -2.95. The maximum Gasteiger partial charge on any atom is 0.266 e. The molecule has 0 aliphatic carbocycles. The van der Waals surface area contributed by atoms with Crippen LogP contribution in [-0.2, 0) is 11.2 Å². The summed E-state index contributed by atoms with van der Waals surface area (Å²) in [6.07, 6.45) is 1.05. The number of anilines is 1. The van der Waals surface area contributed by atoms with E-state index >= 15 is 0 Å². The number of benzene rings is 2. The van der Waals surface area contributed by atoms with Crippen molar-refractivity contribution in [3.8, 4) is 0 Å². The first kappa shape index (κ1) is 15.9. The minimum atomic E-state index is -0.300. The third-order valence-corrected chi connectivity index (χ3v) is 4.11. The Morgan fingerprint density at radius 3 is 1.96 bits per heavy atom. The van der Waals surface area contributed by atoms with Crippen LogP contribution < -0.4 is 4.90 Å². The average molecular weight is 322 g/mol. The first-order valence-electron chi connectivity index (χ1n) is 7.76. The second kappa shape index (κ2) is 6.28. The zero-order valence-electron chi connectivity index (χ0n) is 13.7. The van der Waals surface area contributed by atoms with Crippen LogP contribution in [0, 0.1) is 0 Å². The highest BCUT2D eigenvalue weighted by atomic mass is 16.2. The van der Waals surface area contributed by atoms with E-state index in [1.54, 1.807) is 55.4 Å². The summed E-state index contributed by atoms with van der Waals surface area (Å²) in [5.41, 5.74) is 2.40. The normalized spacial score (nSPS) is 13.2. The van der Waals surface area contributed by atoms with Crippen molar-refractivity contribution in [3.63, 3.8) is 0 Å². The van der Waals surface area contributed by atoms with Crippen LogP contribution in [-0.4, -0.2) is 36.7 Å². The van der Waals surface area contributed by atoms with Gasteiger partial charge in [-0.1, -0.05) is 24.3 Å². The van der Waals surface area contributed by atoms with E-state index in [0.29, 0.717) is 29.7 Å². The first-order chi connectivity index (χ1) is 11.5. The molecule has 5 nitrogen and oxygen atoms in total. The monoisotopic (exact) mass is 322 g/mol. The van der Waals surface area contributed by atoms with Crippen LogP contribution in [0.1, 0.15) is 32.7 Å². The molecule has 24 heavy (non-hydrogen) atoms. The van der Waals surface area contributed by atoms with Crippen LogP contribution >= 0.6 is 0 Å². The van der Waals surface area contributed by atoms with Crippen molar-refractivity contribution in [2.75, 3.05) is 19.0 Å². The highest BCUT2D eigenvalue weighted by molar-refractivity contribution is 6.34. The number of hydrogen-bond acceptors (Lipinski definition) is 3. The van der Waals surface area contributed by atoms with Crippen LogP contribution in [0.5, 0.6) is 0 Å². The zero-order chi connectivity index (χ0) is 17.3. The van der Waals surface area contributed by atoms with Gasteiger partial charge >= 0.3 is 0 Å². The Morgan fingerprint density at radius 1 is 0.917 bits per heavy atom. The summed E-state index contributed by atoms with van der Waals surface area (Å²) in [7, 11) is 3.46. The summed E-state index contributed by atoms with van der Waals surface area (Å²) in [6.45, 7) is 0. The summed E-state index contributed by atoms with van der Waals surface area (Å²) in [4.78, 5) is 39.3. The fourth-order valence-corrected chi connectivity index (χ4v) is 2.71. The van der Waals surface area contributed by atoms with Gasteiger partial charge in [0, 0.05) is 20.5 Å². The molecule has 1 heterocycles. The summed E-state index contributed by atoms with van der Waals surface area (Å²) in [6, 6.07) is 14.0. The SMILES string of the molecule is CN(C)C(=O)CCc1ccc(N2C(=O)c3ccccc3C2=O)cc1. The number of imide groups is 1. The standard InChI is InChI=1S/C19H18N2O3/c1-20(2)17(22)12-9-13-7-10-14(11-8-13)21-18(23)15-5-3-4-6-16(15)19(21)24/h3-8,10-11H,9,12H2,1-2H3. The molecule has 5 heteroatoms. The minimum Gasteiger partial charge on any atom is -0.349 e. The van der Waals surface area contributed by atoms with E-state index in [1.165, 1.54) is 4.90 Å². The van der Waals surface area contributed by atoms with Crippen molar-refractivity contribution in [1.82, 2.24) is 4.90 Å². The van der Waals surface area contributed by atoms with Gasteiger partial charge in [0.25, 0.3) is 11.8 Å². The molecule has 0 unspecified atom stereocenters. The molecule has 0 fully saturated rings. The molecule has 0 N–H and O–H groups in total. The van der Waals surface area contributed by atoms with E-state index in [0.717, 1.165) is 5.56 Å². The van der Waals surface area contributed by atoms with Gasteiger partial charge in [0.05, 0.1) is 16.8 Å². The number of nitrogens with zero attached hydrogens (tertiary/aromatic N) is 2. The Labute approximate surface area is 140 Å². The van der Waals surface area contributed by atoms with Crippen LogP contribution in [0.3, 0.4) is 0 Å². The van der Waals surface area contributed by atoms with Crippen molar-refractivity contribution < 1.29 is 14.4 Å². The molecule has 2 aromatic carbocycles. The number of carbonyl (C=O) groups is 3. The van der Waals surface area contributed by atoms with Gasteiger partial charge in [-0.25, -0.2) is 4.90 Å². The highest BCUT2D eigenvalue weighted by Crippen LogP contribution is 2.28. The van der Waals surface area contributed by atoms with E-state index in [2.05, 4.69) is 0 Å². The van der Waals surface area contributed by atoms with Gasteiger partial charge in [-0.3, -0.25) is 14.4 Å². The molecule has 0 atom stereocenters. The molecule has 0 radical (unpaired) electrons. The molecule has 1 aliphatic heterocycles. The lowest BCUT2D eigenvalue weighted by atomic mass is 10.1. The quantitative estimate of drug-likeness (QED) is 0.813. The molecule has 3 rings (SSSR count). The molecule has 3 amide bonds. The van der Waals surface area contributed by atoms with E-state index in [-0.39, 0.29) is 17.7 Å². The van der Waals surface area contributed by atoms with Crippen molar-refractivity contribution in [2.24, 2.45) is 0 Å². The second-order valence-corrected chi connectivity index (χ2v) is 5.95. The van der Waals surface area contributed by atoms with Gasteiger partial charge in [-0.2, -0.15) is 0 Å². The van der Waals surface area contributed by atoms with Crippen LogP contribution in [0.25, 0.3) is 0 Å². The van der Waals surface area contributed by atoms with Crippen LogP contribution in [0.15, 0.2) is 48.5 Å². The number of fused-ring (bicyclic) bond motifs is 1. The van der Waals surface area contributed by atoms with Gasteiger partial charge in [-0.15, -0.1) is 0 Å². The van der Waals surface area contributed by atoms with Gasteiger partial charge in [0.2, 0.25) is 5.91 Å². The molecule has 1 aliphatic rings. The van der Waals surface area contributed by atoms with Gasteiger partial charge in [0.15, 0.2) is 0 Å². The predicted octanol–water partition coefficient (Wildman–Crippen LogP) is 2.51. The largest absolute Gasteiger partial charge is 0.349 e. The third kappa shape index (κ3) is 2.80. The van der Waals surface area contributed by atoms with Crippen LogP contribution in [0.4, 0.5) is 5.69 Å². The Kier molecular flexibility index (Phi) is 4.16. The van der Waals surface area contributed by atoms with E-state index in [9.17, 15) is 14.4 Å². The summed E-state index contributed by atoms with van der Waals surface area (Å²) in [5, 5.41) is 0. The van der Waals surface area contributed by atoms with E-state index in [1.807, 2.05) is 12.1 Å². The second-order valence-electron chi connectivity index (χ2n) is 5.95. The molecule has 0 spiro atoms. The Bertz CT molecular complexity index is 775. The molecule has 0 aromatic heterocycles. The zero-order valence-corrected chi connectivity index (χ0v) is 13.7. The molecule has 0 bridgehead atoms. The lowest BCUT2D eigenvalue weighted by molar-refractivity contribution is -0.128. The molecule has 0 saturated heterocycles. The fourth-order valence-electron chi connectivity index (χ4n) is 2.71. The van der Waals surface area contributed by atoms with E-state index < -0.39 is 0 Å². The van der Waals surface area contributed by atoms with Crippen molar-refractivity contribution in [2.45, 2.75) is 12.8 Å². The fraction of sp³-hybridized carbons (Fsp3) is 0.211. The third-order valence-electron chi connectivity index (χ3n) is 4.11. The molecule has 2 aromatic rings. The molecular weight excluding hydrogens is 304 g/mol. The number of hydrogen-bond donors (Lipinski definition) is 0. The predicted molar refractivity (Wildman–Crippen MR) is 91.0 cm³/mol.